The van der Waals surface area contributed by atoms with Gasteiger partial charge in [-0.2, -0.15) is 9.03 Å². The van der Waals surface area contributed by atoms with E-state index < -0.39 is 27.7 Å². The second kappa shape index (κ2) is 19.3. The predicted octanol–water partition coefficient (Wildman–Crippen LogP) is 13.9. The van der Waals surface area contributed by atoms with Gasteiger partial charge < -0.3 is 28.2 Å². The van der Waals surface area contributed by atoms with Crippen LogP contribution in [0.5, 0.6) is 28.7 Å². The second-order valence-electron chi connectivity index (χ2n) is 12.9. The summed E-state index contributed by atoms with van der Waals surface area (Å²) in [6, 6.07) is 37.2. The van der Waals surface area contributed by atoms with Gasteiger partial charge in [0.15, 0.2) is 8.52 Å². The number of hydrogen-bond donors (Lipinski definition) is 0. The smallest absolute Gasteiger partial charge is 0.421 e. The first-order valence-corrected chi connectivity index (χ1v) is 22.5. The molecule has 1 aliphatic rings. The molecule has 0 radical (unpaired) electrons. The molecule has 2 unspecified atom stereocenters. The average molecular weight is 846 g/mol. The molecular weight excluding hydrogens is 800 g/mol. The Balaban J connectivity index is 1.77. The van der Waals surface area contributed by atoms with Gasteiger partial charge >= 0.3 is 27.7 Å². The Hall–Kier alpha value is -4.49. The average Bonchev–Trinajstić information content (AvgIpc) is 3.14. The van der Waals surface area contributed by atoms with Crippen LogP contribution in [0, 0.1) is 34.6 Å². The van der Waals surface area contributed by atoms with E-state index in [2.05, 4.69) is 9.03 Å². The number of hydrogen-bond acceptors (Lipinski definition) is 12. The zero-order chi connectivity index (χ0) is 40.3. The van der Waals surface area contributed by atoms with E-state index in [0.29, 0.717) is 43.9 Å². The molecule has 0 aromatic heterocycles. The van der Waals surface area contributed by atoms with Gasteiger partial charge in [0.05, 0.1) is 6.61 Å². The van der Waals surface area contributed by atoms with Gasteiger partial charge in [0.25, 0.3) is 0 Å². The van der Waals surface area contributed by atoms with Crippen LogP contribution in [0.15, 0.2) is 139 Å². The molecule has 1 heterocycles. The van der Waals surface area contributed by atoms with Crippen LogP contribution in [0.3, 0.4) is 0 Å². The third-order valence-corrected chi connectivity index (χ3v) is 13.8. The molecule has 0 aliphatic carbocycles. The van der Waals surface area contributed by atoms with Crippen molar-refractivity contribution in [1.82, 2.24) is 0 Å². The summed E-state index contributed by atoms with van der Waals surface area (Å²) < 4.78 is 74.4. The molecule has 0 amide bonds. The summed E-state index contributed by atoms with van der Waals surface area (Å²) in [6.45, 7) is 13.9. The highest BCUT2D eigenvalue weighted by molar-refractivity contribution is 7.66. The molecule has 0 bridgehead atoms. The first-order valence-electron chi connectivity index (χ1n) is 18.2. The topological polar surface area (TPSA) is 123 Å². The molecule has 12 nitrogen and oxygen atoms in total. The fourth-order valence-corrected chi connectivity index (χ4v) is 11.2. The van der Waals surface area contributed by atoms with Gasteiger partial charge in [-0.3, -0.25) is 0 Å². The van der Waals surface area contributed by atoms with Crippen molar-refractivity contribution in [2.24, 2.45) is 18.1 Å². The maximum Gasteiger partial charge on any atom is 0.547 e. The molecule has 0 spiro atoms. The summed E-state index contributed by atoms with van der Waals surface area (Å²) in [5.41, 5.74) is 4.51. The number of aryl methyl sites for hydroxylation is 5. The molecule has 16 heteroatoms. The summed E-state index contributed by atoms with van der Waals surface area (Å²) in [5, 5.41) is 0. The van der Waals surface area contributed by atoms with E-state index in [1.165, 1.54) is 0 Å². The highest BCUT2D eigenvalue weighted by Crippen LogP contribution is 2.65. The lowest BCUT2D eigenvalue weighted by atomic mass is 10.2. The Kier molecular flexibility index (Phi) is 14.3. The van der Waals surface area contributed by atoms with Crippen molar-refractivity contribution in [2.75, 3.05) is 13.2 Å². The van der Waals surface area contributed by atoms with Crippen molar-refractivity contribution in [3.63, 3.8) is 0 Å². The Morgan fingerprint density at radius 1 is 0.526 bits per heavy atom. The molecule has 6 rings (SSSR count). The lowest BCUT2D eigenvalue weighted by Gasteiger charge is -2.45. The maximum atomic E-state index is 7.32. The Morgan fingerprint density at radius 3 is 1.26 bits per heavy atom. The third kappa shape index (κ3) is 11.1. The fourth-order valence-electron chi connectivity index (χ4n) is 5.54. The van der Waals surface area contributed by atoms with Gasteiger partial charge in [-0.15, -0.1) is 4.52 Å². The zero-order valence-corrected chi connectivity index (χ0v) is 36.4. The predicted molar refractivity (Wildman–Crippen MR) is 226 cm³/mol. The van der Waals surface area contributed by atoms with Gasteiger partial charge in [0.2, 0.25) is 8.52 Å². The molecule has 296 valence electrons. The first kappa shape index (κ1) is 42.1. The zero-order valence-electron chi connectivity index (χ0n) is 32.8. The van der Waals surface area contributed by atoms with Gasteiger partial charge in [0.1, 0.15) is 35.4 Å². The molecule has 0 saturated carbocycles. The van der Waals surface area contributed by atoms with Crippen molar-refractivity contribution in [3.05, 3.63) is 149 Å². The SMILES string of the molecule is CCO[P+]1=NP(OCC)(OC(Oc2cccc(C)c2)(Oc2cccc(C)c2)C(Oc2cccc(C)c2)(Oc2cccc(C)c2)Oc2cccc(C)c2)=NP=NP=N1. The van der Waals surface area contributed by atoms with Crippen LogP contribution in [-0.2, 0) is 13.6 Å². The summed E-state index contributed by atoms with van der Waals surface area (Å²) in [6.07, 6.45) is 0. The van der Waals surface area contributed by atoms with Crippen molar-refractivity contribution < 1.29 is 37.3 Å². The lowest BCUT2D eigenvalue weighted by molar-refractivity contribution is -0.448. The summed E-state index contributed by atoms with van der Waals surface area (Å²) in [7, 11) is -5.18. The van der Waals surface area contributed by atoms with E-state index in [9.17, 15) is 0 Å². The largest absolute Gasteiger partial charge is 0.547 e. The number of ether oxygens (including phenoxy) is 5. The quantitative estimate of drug-likeness (QED) is 0.0669. The normalized spacial score (nSPS) is 16.6. The van der Waals surface area contributed by atoms with E-state index in [0.717, 1.165) is 27.8 Å². The minimum atomic E-state index is -3.95. The second-order valence-corrected chi connectivity index (χ2v) is 18.3. The molecule has 0 fully saturated rings. The van der Waals surface area contributed by atoms with Gasteiger partial charge in [0, 0.05) is 9.03 Å². The number of benzene rings is 5. The third-order valence-electron chi connectivity index (χ3n) is 7.90. The van der Waals surface area contributed by atoms with Crippen LogP contribution in [0.1, 0.15) is 41.7 Å². The van der Waals surface area contributed by atoms with Crippen LogP contribution in [0.4, 0.5) is 0 Å². The van der Waals surface area contributed by atoms with Crippen LogP contribution >= 0.6 is 32.8 Å². The van der Waals surface area contributed by atoms with Crippen LogP contribution in [0.2, 0.25) is 0 Å². The molecule has 0 N–H and O–H groups in total. The minimum Gasteiger partial charge on any atom is -0.421 e. The molecule has 5 aromatic carbocycles. The van der Waals surface area contributed by atoms with Crippen LogP contribution < -0.4 is 23.7 Å². The standard InChI is InChI=1S/C41H45N4O8P4/c1-8-46-56-43-54-42-55-44-57(45-56,47-9-2)53-41(51-38-23-13-18-33(6)28-38,52-39-24-14-19-34(7)29-39)40(48-35-20-10-15-30(3)25-35,49-36-21-11-16-31(4)26-36)50-37-22-12-17-32(5)27-37/h10-29H,8-9H2,1-7H3/q+1. The van der Waals surface area contributed by atoms with Crippen molar-refractivity contribution >= 4 is 32.8 Å². The van der Waals surface area contributed by atoms with Gasteiger partial charge in [-0.1, -0.05) is 60.7 Å². The van der Waals surface area contributed by atoms with Gasteiger partial charge in [-0.05, 0) is 137 Å². The van der Waals surface area contributed by atoms with Crippen LogP contribution in [-0.4, -0.2) is 25.2 Å². The Labute approximate surface area is 338 Å². The Morgan fingerprint density at radius 2 is 0.912 bits per heavy atom. The highest BCUT2D eigenvalue weighted by atomic mass is 31.2. The van der Waals surface area contributed by atoms with Crippen molar-refractivity contribution in [1.29, 1.82) is 0 Å². The van der Waals surface area contributed by atoms with E-state index in [4.69, 9.17) is 46.3 Å². The van der Waals surface area contributed by atoms with Crippen LogP contribution in [0.25, 0.3) is 0 Å². The maximum absolute atomic E-state index is 7.32. The first-order chi connectivity index (χ1) is 27.5. The van der Waals surface area contributed by atoms with E-state index in [1.54, 1.807) is 30.3 Å². The summed E-state index contributed by atoms with van der Waals surface area (Å²) in [5.74, 6) is -3.49. The van der Waals surface area contributed by atoms with E-state index in [-0.39, 0.29) is 15.1 Å². The summed E-state index contributed by atoms with van der Waals surface area (Å²) >= 11 is 0. The van der Waals surface area contributed by atoms with Gasteiger partial charge in [-0.25, -0.2) is 4.52 Å². The number of nitrogens with zero attached hydrogens (tertiary/aromatic N) is 4. The molecule has 0 saturated heterocycles. The summed E-state index contributed by atoms with van der Waals surface area (Å²) in [4.78, 5) is 0. The van der Waals surface area contributed by atoms with E-state index >= 15 is 0 Å². The molecule has 1 aliphatic heterocycles. The number of rotatable bonds is 17. The molecule has 5 aromatic rings. The monoisotopic (exact) mass is 845 g/mol. The molecular formula is C41H45N4O8P4+. The lowest BCUT2D eigenvalue weighted by Crippen LogP contribution is -2.72. The Bertz CT molecular complexity index is 2160. The molecule has 2 atom stereocenters. The fraction of sp³-hybridized carbons (Fsp3) is 0.268. The van der Waals surface area contributed by atoms with E-state index in [1.807, 2.05) is 139 Å². The van der Waals surface area contributed by atoms with Crippen molar-refractivity contribution in [3.8, 4) is 28.7 Å². The minimum absolute atomic E-state index is 0.123. The molecule has 57 heavy (non-hydrogen) atoms. The highest BCUT2D eigenvalue weighted by Gasteiger charge is 2.72. The van der Waals surface area contributed by atoms with Crippen molar-refractivity contribution in [2.45, 2.75) is 60.4 Å².